The Morgan fingerprint density at radius 2 is 2.47 bits per heavy atom. The SMILES string of the molecule is Cc1ccnc(Cl)c1NC(C)CC1CCCN1. The molecule has 4 heteroatoms. The average molecular weight is 254 g/mol. The summed E-state index contributed by atoms with van der Waals surface area (Å²) < 4.78 is 0. The van der Waals surface area contributed by atoms with Gasteiger partial charge in [0, 0.05) is 18.3 Å². The van der Waals surface area contributed by atoms with Gasteiger partial charge >= 0.3 is 0 Å². The maximum Gasteiger partial charge on any atom is 0.152 e. The lowest BCUT2D eigenvalue weighted by molar-refractivity contribution is 0.523. The fraction of sp³-hybridized carbons (Fsp3) is 0.615. The van der Waals surface area contributed by atoms with Crippen LogP contribution in [0.2, 0.25) is 5.15 Å². The third-order valence-electron chi connectivity index (χ3n) is 3.30. The molecule has 0 amide bonds. The predicted molar refractivity (Wildman–Crippen MR) is 72.7 cm³/mol. The number of nitrogens with zero attached hydrogens (tertiary/aromatic N) is 1. The van der Waals surface area contributed by atoms with Gasteiger partial charge in [-0.05, 0) is 51.3 Å². The fourth-order valence-corrected chi connectivity index (χ4v) is 2.65. The third kappa shape index (κ3) is 3.33. The lowest BCUT2D eigenvalue weighted by atomic mass is 10.1. The molecule has 1 aliphatic rings. The molecular formula is C13H20ClN3. The van der Waals surface area contributed by atoms with Crippen molar-refractivity contribution in [2.45, 2.75) is 45.2 Å². The van der Waals surface area contributed by atoms with E-state index in [2.05, 4.69) is 29.5 Å². The molecule has 2 unspecified atom stereocenters. The number of rotatable bonds is 4. The van der Waals surface area contributed by atoms with E-state index >= 15 is 0 Å². The second-order valence-electron chi connectivity index (χ2n) is 4.87. The number of hydrogen-bond donors (Lipinski definition) is 2. The van der Waals surface area contributed by atoms with Crippen LogP contribution in [-0.2, 0) is 0 Å². The number of aryl methyl sites for hydroxylation is 1. The van der Waals surface area contributed by atoms with Crippen molar-refractivity contribution in [2.75, 3.05) is 11.9 Å². The topological polar surface area (TPSA) is 37.0 Å². The van der Waals surface area contributed by atoms with Crippen molar-refractivity contribution in [3.8, 4) is 0 Å². The van der Waals surface area contributed by atoms with E-state index in [0.29, 0.717) is 17.2 Å². The minimum absolute atomic E-state index is 0.408. The molecule has 3 nitrogen and oxygen atoms in total. The number of halogens is 1. The van der Waals surface area contributed by atoms with Crippen molar-refractivity contribution in [3.05, 3.63) is 23.0 Å². The van der Waals surface area contributed by atoms with Gasteiger partial charge < -0.3 is 10.6 Å². The van der Waals surface area contributed by atoms with Gasteiger partial charge in [-0.25, -0.2) is 4.98 Å². The Morgan fingerprint density at radius 3 is 3.12 bits per heavy atom. The van der Waals surface area contributed by atoms with Crippen LogP contribution in [0.5, 0.6) is 0 Å². The van der Waals surface area contributed by atoms with Gasteiger partial charge in [0.1, 0.15) is 0 Å². The first-order valence-electron chi connectivity index (χ1n) is 6.28. The van der Waals surface area contributed by atoms with E-state index in [1.54, 1.807) is 6.20 Å². The fourth-order valence-electron chi connectivity index (χ4n) is 2.39. The number of anilines is 1. The zero-order valence-corrected chi connectivity index (χ0v) is 11.2. The monoisotopic (exact) mass is 253 g/mol. The number of pyridine rings is 1. The number of hydrogen-bond acceptors (Lipinski definition) is 3. The maximum absolute atomic E-state index is 6.10. The standard InChI is InChI=1S/C13H20ClN3/c1-9-5-7-16-13(14)12(9)17-10(2)8-11-4-3-6-15-11/h5,7,10-11,15,17H,3-4,6,8H2,1-2H3. The summed E-state index contributed by atoms with van der Waals surface area (Å²) in [6.07, 6.45) is 5.45. The average Bonchev–Trinajstić information content (AvgIpc) is 2.76. The highest BCUT2D eigenvalue weighted by Gasteiger charge is 2.17. The Labute approximate surface area is 108 Å². The van der Waals surface area contributed by atoms with Crippen molar-refractivity contribution in [2.24, 2.45) is 0 Å². The molecule has 1 fully saturated rings. The molecule has 0 aromatic carbocycles. The zero-order valence-electron chi connectivity index (χ0n) is 10.5. The van der Waals surface area contributed by atoms with Crippen LogP contribution in [0.25, 0.3) is 0 Å². The zero-order chi connectivity index (χ0) is 12.3. The molecule has 0 radical (unpaired) electrons. The first-order valence-corrected chi connectivity index (χ1v) is 6.65. The largest absolute Gasteiger partial charge is 0.380 e. The van der Waals surface area contributed by atoms with Crippen LogP contribution >= 0.6 is 11.6 Å². The van der Waals surface area contributed by atoms with Crippen molar-refractivity contribution in [1.29, 1.82) is 0 Å². The highest BCUT2D eigenvalue weighted by molar-refractivity contribution is 6.32. The van der Waals surface area contributed by atoms with E-state index in [9.17, 15) is 0 Å². The summed E-state index contributed by atoms with van der Waals surface area (Å²) in [5.74, 6) is 0. The Kier molecular flexibility index (Phi) is 4.24. The highest BCUT2D eigenvalue weighted by atomic mass is 35.5. The van der Waals surface area contributed by atoms with E-state index in [4.69, 9.17) is 11.6 Å². The number of nitrogens with one attached hydrogen (secondary N) is 2. The van der Waals surface area contributed by atoms with Crippen molar-refractivity contribution in [1.82, 2.24) is 10.3 Å². The predicted octanol–water partition coefficient (Wildman–Crippen LogP) is 2.99. The normalized spacial score (nSPS) is 21.5. The highest BCUT2D eigenvalue weighted by Crippen LogP contribution is 2.24. The van der Waals surface area contributed by atoms with E-state index in [0.717, 1.165) is 24.2 Å². The molecule has 0 bridgehead atoms. The molecule has 1 aromatic rings. The van der Waals surface area contributed by atoms with Crippen molar-refractivity contribution < 1.29 is 0 Å². The molecule has 0 aliphatic carbocycles. The van der Waals surface area contributed by atoms with E-state index in [1.165, 1.54) is 12.8 Å². The summed E-state index contributed by atoms with van der Waals surface area (Å²) in [6, 6.07) is 3.04. The lowest BCUT2D eigenvalue weighted by Gasteiger charge is -2.20. The molecule has 2 rings (SSSR count). The molecular weight excluding hydrogens is 234 g/mol. The first-order chi connectivity index (χ1) is 8.16. The molecule has 1 saturated heterocycles. The van der Waals surface area contributed by atoms with Crippen LogP contribution < -0.4 is 10.6 Å². The van der Waals surface area contributed by atoms with Gasteiger partial charge in [0.15, 0.2) is 5.15 Å². The quantitative estimate of drug-likeness (QED) is 0.810. The second kappa shape index (κ2) is 5.69. The van der Waals surface area contributed by atoms with E-state index in [-0.39, 0.29) is 0 Å². The summed E-state index contributed by atoms with van der Waals surface area (Å²) in [5, 5.41) is 7.55. The molecule has 1 aliphatic heterocycles. The van der Waals surface area contributed by atoms with Gasteiger partial charge in [-0.2, -0.15) is 0 Å². The molecule has 2 heterocycles. The smallest absolute Gasteiger partial charge is 0.152 e. The molecule has 17 heavy (non-hydrogen) atoms. The van der Waals surface area contributed by atoms with Crippen molar-refractivity contribution in [3.63, 3.8) is 0 Å². The van der Waals surface area contributed by atoms with Gasteiger partial charge in [-0.1, -0.05) is 11.6 Å². The molecule has 1 aromatic heterocycles. The van der Waals surface area contributed by atoms with Gasteiger partial charge in [0.25, 0.3) is 0 Å². The number of aromatic nitrogens is 1. The summed E-state index contributed by atoms with van der Waals surface area (Å²) in [4.78, 5) is 4.11. The molecule has 94 valence electrons. The maximum atomic E-state index is 6.10. The Bertz CT molecular complexity index is 355. The Morgan fingerprint density at radius 1 is 1.65 bits per heavy atom. The van der Waals surface area contributed by atoms with Crippen LogP contribution in [0, 0.1) is 6.92 Å². The summed E-state index contributed by atoms with van der Waals surface area (Å²) in [7, 11) is 0. The van der Waals surface area contributed by atoms with Gasteiger partial charge in [-0.15, -0.1) is 0 Å². The van der Waals surface area contributed by atoms with Gasteiger partial charge in [-0.3, -0.25) is 0 Å². The molecule has 2 N–H and O–H groups in total. The van der Waals surface area contributed by atoms with Crippen LogP contribution in [0.15, 0.2) is 12.3 Å². The van der Waals surface area contributed by atoms with Gasteiger partial charge in [0.05, 0.1) is 5.69 Å². The van der Waals surface area contributed by atoms with Gasteiger partial charge in [0.2, 0.25) is 0 Å². The van der Waals surface area contributed by atoms with Crippen LogP contribution in [0.1, 0.15) is 31.7 Å². The minimum Gasteiger partial charge on any atom is -0.380 e. The van der Waals surface area contributed by atoms with Crippen LogP contribution in [0.3, 0.4) is 0 Å². The summed E-state index contributed by atoms with van der Waals surface area (Å²) >= 11 is 6.10. The van der Waals surface area contributed by atoms with Crippen LogP contribution in [0.4, 0.5) is 5.69 Å². The molecule has 0 spiro atoms. The summed E-state index contributed by atoms with van der Waals surface area (Å²) in [5.41, 5.74) is 2.12. The van der Waals surface area contributed by atoms with Crippen LogP contribution in [-0.4, -0.2) is 23.6 Å². The van der Waals surface area contributed by atoms with E-state index < -0.39 is 0 Å². The third-order valence-corrected chi connectivity index (χ3v) is 3.59. The molecule has 0 saturated carbocycles. The second-order valence-corrected chi connectivity index (χ2v) is 5.23. The first kappa shape index (κ1) is 12.7. The Hall–Kier alpha value is -0.800. The Balaban J connectivity index is 1.95. The lowest BCUT2D eigenvalue weighted by Crippen LogP contribution is -2.29. The van der Waals surface area contributed by atoms with E-state index in [1.807, 2.05) is 6.07 Å². The van der Waals surface area contributed by atoms with Crippen molar-refractivity contribution >= 4 is 17.3 Å². The summed E-state index contributed by atoms with van der Waals surface area (Å²) in [6.45, 7) is 5.41. The molecule has 2 atom stereocenters. The minimum atomic E-state index is 0.408.